The summed E-state index contributed by atoms with van der Waals surface area (Å²) >= 11 is 2.91. The van der Waals surface area contributed by atoms with Gasteiger partial charge in [0.2, 0.25) is 10.0 Å². The number of hydrogen-bond acceptors (Lipinski definition) is 2. The van der Waals surface area contributed by atoms with Crippen LogP contribution in [0, 0.1) is 17.6 Å². The number of halogens is 3. The van der Waals surface area contributed by atoms with Gasteiger partial charge in [0.05, 0.1) is 0 Å². The fourth-order valence-corrected chi connectivity index (χ4v) is 5.08. The predicted octanol–water partition coefficient (Wildman–Crippen LogP) is 3.58. The van der Waals surface area contributed by atoms with Gasteiger partial charge in [-0.2, -0.15) is 0 Å². The molecule has 0 saturated heterocycles. The maximum absolute atomic E-state index is 13.8. The summed E-state index contributed by atoms with van der Waals surface area (Å²) in [6.07, 6.45) is 3.71. The molecule has 112 valence electrons. The lowest BCUT2D eigenvalue weighted by atomic mass is 9.87. The molecule has 0 bridgehead atoms. The Kier molecular flexibility index (Phi) is 4.81. The van der Waals surface area contributed by atoms with Crippen LogP contribution in [-0.2, 0) is 10.0 Å². The maximum Gasteiger partial charge on any atom is 0.244 e. The van der Waals surface area contributed by atoms with E-state index in [1.54, 1.807) is 0 Å². The number of nitrogens with one attached hydrogen (secondary N) is 1. The molecular weight excluding hydrogens is 352 g/mol. The van der Waals surface area contributed by atoms with Crippen LogP contribution in [0.5, 0.6) is 0 Å². The fraction of sp³-hybridized carbons (Fsp3) is 0.538. The Hall–Kier alpha value is -0.530. The Labute approximate surface area is 125 Å². The Morgan fingerprint density at radius 3 is 2.50 bits per heavy atom. The minimum Gasteiger partial charge on any atom is -0.208 e. The van der Waals surface area contributed by atoms with Gasteiger partial charge in [-0.25, -0.2) is 21.9 Å². The number of rotatable bonds is 3. The van der Waals surface area contributed by atoms with E-state index in [9.17, 15) is 17.2 Å². The first kappa shape index (κ1) is 15.9. The minimum absolute atomic E-state index is 0.106. The second-order valence-corrected chi connectivity index (χ2v) is 7.69. The van der Waals surface area contributed by atoms with Gasteiger partial charge < -0.3 is 0 Å². The highest BCUT2D eigenvalue weighted by atomic mass is 79.9. The van der Waals surface area contributed by atoms with Gasteiger partial charge in [0, 0.05) is 16.6 Å². The van der Waals surface area contributed by atoms with E-state index in [0.29, 0.717) is 6.07 Å². The third-order valence-electron chi connectivity index (χ3n) is 3.65. The second kappa shape index (κ2) is 6.07. The quantitative estimate of drug-likeness (QED) is 0.887. The van der Waals surface area contributed by atoms with Crippen LogP contribution in [0.25, 0.3) is 0 Å². The summed E-state index contributed by atoms with van der Waals surface area (Å²) in [6, 6.07) is 1.32. The van der Waals surface area contributed by atoms with Gasteiger partial charge in [-0.1, -0.05) is 19.8 Å². The van der Waals surface area contributed by atoms with E-state index in [1.165, 1.54) is 0 Å². The summed E-state index contributed by atoms with van der Waals surface area (Å²) in [5.41, 5.74) is 0. The van der Waals surface area contributed by atoms with E-state index >= 15 is 0 Å². The summed E-state index contributed by atoms with van der Waals surface area (Å²) in [7, 11) is -4.01. The van der Waals surface area contributed by atoms with Crippen LogP contribution in [0.2, 0.25) is 0 Å². The molecule has 1 saturated carbocycles. The van der Waals surface area contributed by atoms with E-state index in [0.717, 1.165) is 31.7 Å². The van der Waals surface area contributed by atoms with E-state index in [2.05, 4.69) is 20.7 Å². The number of hydrogen-bond donors (Lipinski definition) is 1. The van der Waals surface area contributed by atoms with Gasteiger partial charge in [0.1, 0.15) is 16.5 Å². The normalized spacial score (nSPS) is 23.8. The lowest BCUT2D eigenvalue weighted by molar-refractivity contribution is 0.310. The lowest BCUT2D eigenvalue weighted by Crippen LogP contribution is -2.41. The van der Waals surface area contributed by atoms with Crippen LogP contribution >= 0.6 is 15.9 Å². The SMILES string of the molecule is CC1CCCCC1NS(=O)(=O)c1c(F)cc(F)cc1Br. The van der Waals surface area contributed by atoms with Gasteiger partial charge in [0.15, 0.2) is 0 Å². The molecule has 1 fully saturated rings. The van der Waals surface area contributed by atoms with E-state index in [4.69, 9.17) is 0 Å². The van der Waals surface area contributed by atoms with Gasteiger partial charge in [-0.15, -0.1) is 0 Å². The van der Waals surface area contributed by atoms with Crippen molar-refractivity contribution in [1.29, 1.82) is 0 Å². The molecule has 0 heterocycles. The predicted molar refractivity (Wildman–Crippen MR) is 75.8 cm³/mol. The molecule has 1 aromatic carbocycles. The highest BCUT2D eigenvalue weighted by molar-refractivity contribution is 9.10. The van der Waals surface area contributed by atoms with Crippen molar-refractivity contribution in [3.8, 4) is 0 Å². The highest BCUT2D eigenvalue weighted by Crippen LogP contribution is 2.29. The van der Waals surface area contributed by atoms with Crippen LogP contribution in [0.3, 0.4) is 0 Å². The van der Waals surface area contributed by atoms with Crippen molar-refractivity contribution >= 4 is 26.0 Å². The van der Waals surface area contributed by atoms with Crippen molar-refractivity contribution in [2.75, 3.05) is 0 Å². The third kappa shape index (κ3) is 3.38. The largest absolute Gasteiger partial charge is 0.244 e. The smallest absolute Gasteiger partial charge is 0.208 e. The first-order valence-corrected chi connectivity index (χ1v) is 8.76. The van der Waals surface area contributed by atoms with Crippen LogP contribution in [0.1, 0.15) is 32.6 Å². The average Bonchev–Trinajstić information content (AvgIpc) is 2.30. The standard InChI is InChI=1S/C13H16BrF2NO2S/c1-8-4-2-3-5-12(8)17-20(18,19)13-10(14)6-9(15)7-11(13)16/h6-8,12,17H,2-5H2,1H3. The zero-order chi connectivity index (χ0) is 14.9. The van der Waals surface area contributed by atoms with Crippen LogP contribution in [0.4, 0.5) is 8.78 Å². The summed E-state index contributed by atoms with van der Waals surface area (Å²) in [4.78, 5) is -0.531. The summed E-state index contributed by atoms with van der Waals surface area (Å²) < 4.78 is 53.8. The zero-order valence-corrected chi connectivity index (χ0v) is 13.4. The Bertz CT molecular complexity index is 583. The number of sulfonamides is 1. The van der Waals surface area contributed by atoms with Crippen molar-refractivity contribution in [3.05, 3.63) is 28.2 Å². The minimum atomic E-state index is -4.01. The van der Waals surface area contributed by atoms with E-state index in [1.807, 2.05) is 6.92 Å². The Morgan fingerprint density at radius 2 is 1.90 bits per heavy atom. The molecule has 2 unspecified atom stereocenters. The molecule has 1 N–H and O–H groups in total. The molecule has 20 heavy (non-hydrogen) atoms. The van der Waals surface area contributed by atoms with Crippen molar-refractivity contribution in [2.45, 2.75) is 43.5 Å². The molecule has 0 spiro atoms. The first-order valence-electron chi connectivity index (χ1n) is 6.48. The molecule has 1 aliphatic rings. The van der Waals surface area contributed by atoms with Gasteiger partial charge in [-0.3, -0.25) is 0 Å². The van der Waals surface area contributed by atoms with Crippen molar-refractivity contribution in [3.63, 3.8) is 0 Å². The van der Waals surface area contributed by atoms with Crippen LogP contribution < -0.4 is 4.72 Å². The van der Waals surface area contributed by atoms with Gasteiger partial charge >= 0.3 is 0 Å². The van der Waals surface area contributed by atoms with Crippen molar-refractivity contribution < 1.29 is 17.2 Å². The molecule has 7 heteroatoms. The highest BCUT2D eigenvalue weighted by Gasteiger charge is 2.30. The molecule has 0 amide bonds. The number of benzene rings is 1. The molecule has 0 aliphatic heterocycles. The molecule has 3 nitrogen and oxygen atoms in total. The molecule has 1 aliphatic carbocycles. The Balaban J connectivity index is 2.31. The summed E-state index contributed by atoms with van der Waals surface area (Å²) in [5, 5.41) is 0. The summed E-state index contributed by atoms with van der Waals surface area (Å²) in [6.45, 7) is 1.97. The molecule has 0 radical (unpaired) electrons. The second-order valence-electron chi connectivity index (χ2n) is 5.19. The van der Waals surface area contributed by atoms with Crippen molar-refractivity contribution in [1.82, 2.24) is 4.72 Å². The monoisotopic (exact) mass is 367 g/mol. The molecule has 2 rings (SSSR count). The lowest BCUT2D eigenvalue weighted by Gasteiger charge is -2.29. The molecule has 0 aromatic heterocycles. The Morgan fingerprint density at radius 1 is 1.25 bits per heavy atom. The van der Waals surface area contributed by atoms with E-state index in [-0.39, 0.29) is 16.4 Å². The molecular formula is C13H16BrF2NO2S. The molecule has 2 atom stereocenters. The van der Waals surface area contributed by atoms with Crippen LogP contribution in [-0.4, -0.2) is 14.5 Å². The van der Waals surface area contributed by atoms with Gasteiger partial charge in [-0.05, 0) is 40.8 Å². The van der Waals surface area contributed by atoms with Crippen LogP contribution in [0.15, 0.2) is 21.5 Å². The zero-order valence-electron chi connectivity index (χ0n) is 11.0. The summed E-state index contributed by atoms with van der Waals surface area (Å²) in [5.74, 6) is -1.70. The maximum atomic E-state index is 13.8. The van der Waals surface area contributed by atoms with E-state index < -0.39 is 26.6 Å². The topological polar surface area (TPSA) is 46.2 Å². The van der Waals surface area contributed by atoms with Gasteiger partial charge in [0.25, 0.3) is 0 Å². The van der Waals surface area contributed by atoms with Crippen molar-refractivity contribution in [2.24, 2.45) is 5.92 Å². The fourth-order valence-electron chi connectivity index (χ4n) is 2.54. The first-order chi connectivity index (χ1) is 9.31. The third-order valence-corrected chi connectivity index (χ3v) is 6.10. The average molecular weight is 368 g/mol. The molecule has 1 aromatic rings.